The fourth-order valence-corrected chi connectivity index (χ4v) is 3.09. The molecule has 0 atom stereocenters. The highest BCUT2D eigenvalue weighted by Crippen LogP contribution is 2.41. The number of carbonyl (C=O) groups is 1. The molecule has 3 aromatic rings. The average molecular weight is 455 g/mol. The van der Waals surface area contributed by atoms with Crippen LogP contribution in [0.5, 0.6) is 23.0 Å². The molecule has 0 spiro atoms. The second kappa shape index (κ2) is 10.0. The van der Waals surface area contributed by atoms with Crippen molar-refractivity contribution in [2.75, 3.05) is 0 Å². The van der Waals surface area contributed by atoms with Gasteiger partial charge in [0.05, 0.1) is 12.1 Å². The molecular weight excluding hydrogens is 435 g/mol. The first-order chi connectivity index (χ1) is 15.7. The van der Waals surface area contributed by atoms with E-state index in [2.05, 4.69) is 11.7 Å². The van der Waals surface area contributed by atoms with Gasteiger partial charge in [-0.15, -0.1) is 0 Å². The largest absolute Gasteiger partial charge is 0.481 e. The van der Waals surface area contributed by atoms with Crippen molar-refractivity contribution in [3.05, 3.63) is 83.4 Å². The third-order valence-corrected chi connectivity index (χ3v) is 4.49. The number of rotatable bonds is 8. The molecule has 8 heteroatoms. The zero-order valence-corrected chi connectivity index (χ0v) is 17.6. The number of aliphatic imine (C=N–C) groups is 1. The van der Waals surface area contributed by atoms with E-state index in [1.807, 2.05) is 6.92 Å². The second-order valence-electron chi connectivity index (χ2n) is 6.96. The van der Waals surface area contributed by atoms with Crippen LogP contribution >= 0.6 is 0 Å². The van der Waals surface area contributed by atoms with Gasteiger partial charge in [-0.1, -0.05) is 24.3 Å². The Hall–Kier alpha value is -4.07. The van der Waals surface area contributed by atoms with Crippen molar-refractivity contribution in [2.24, 2.45) is 4.99 Å². The monoisotopic (exact) mass is 455 g/mol. The van der Waals surface area contributed by atoms with Crippen LogP contribution in [-0.4, -0.2) is 17.8 Å². The number of carboxylic acids is 1. The molecular formula is C25H20F3NO4. The second-order valence-corrected chi connectivity index (χ2v) is 6.96. The van der Waals surface area contributed by atoms with Crippen molar-refractivity contribution >= 4 is 24.5 Å². The van der Waals surface area contributed by atoms with Crippen LogP contribution in [-0.2, 0) is 17.4 Å². The van der Waals surface area contributed by atoms with Gasteiger partial charge in [0.1, 0.15) is 28.6 Å². The Morgan fingerprint density at radius 2 is 1.73 bits per heavy atom. The first-order valence-corrected chi connectivity index (χ1v) is 9.80. The smallest absolute Gasteiger partial charge is 0.420 e. The molecule has 0 aliphatic carbocycles. The maximum atomic E-state index is 13.7. The Morgan fingerprint density at radius 3 is 2.39 bits per heavy atom. The lowest BCUT2D eigenvalue weighted by atomic mass is 10.1. The van der Waals surface area contributed by atoms with Gasteiger partial charge in [0.2, 0.25) is 0 Å². The van der Waals surface area contributed by atoms with Gasteiger partial charge in [0.25, 0.3) is 0 Å². The number of aliphatic carboxylic acids is 1. The molecule has 170 valence electrons. The van der Waals surface area contributed by atoms with Crippen molar-refractivity contribution in [3.8, 4) is 23.0 Å². The van der Waals surface area contributed by atoms with Crippen LogP contribution in [0.2, 0.25) is 0 Å². The van der Waals surface area contributed by atoms with E-state index in [1.54, 1.807) is 36.4 Å². The summed E-state index contributed by atoms with van der Waals surface area (Å²) < 4.78 is 52.3. The fourth-order valence-electron chi connectivity index (χ4n) is 3.09. The van der Waals surface area contributed by atoms with Gasteiger partial charge in [-0.05, 0) is 67.7 Å². The van der Waals surface area contributed by atoms with E-state index < -0.39 is 23.5 Å². The number of carboxylic acid groups (broad SMARTS) is 1. The van der Waals surface area contributed by atoms with Crippen LogP contribution in [0.4, 0.5) is 18.9 Å². The zero-order valence-electron chi connectivity index (χ0n) is 17.6. The lowest BCUT2D eigenvalue weighted by Crippen LogP contribution is -2.07. The van der Waals surface area contributed by atoms with Gasteiger partial charge in [-0.2, -0.15) is 13.2 Å². The lowest BCUT2D eigenvalue weighted by Gasteiger charge is -2.16. The minimum absolute atomic E-state index is 0.0277. The summed E-state index contributed by atoms with van der Waals surface area (Å²) in [5.41, 5.74) is 0.706. The third kappa shape index (κ3) is 6.22. The minimum atomic E-state index is -4.71. The molecule has 5 nitrogen and oxygen atoms in total. The molecule has 1 N–H and O–H groups in total. The Labute approximate surface area is 188 Å². The van der Waals surface area contributed by atoms with Crippen LogP contribution in [0.15, 0.2) is 71.7 Å². The van der Waals surface area contributed by atoms with Crippen molar-refractivity contribution < 1.29 is 32.5 Å². The number of nitrogens with zero attached hydrogens (tertiary/aromatic N) is 1. The van der Waals surface area contributed by atoms with Gasteiger partial charge >= 0.3 is 12.1 Å². The molecule has 0 aromatic heterocycles. The molecule has 0 aliphatic heterocycles. The maximum absolute atomic E-state index is 13.7. The number of hydrogen-bond acceptors (Lipinski definition) is 4. The highest BCUT2D eigenvalue weighted by atomic mass is 19.4. The van der Waals surface area contributed by atoms with Crippen molar-refractivity contribution in [1.29, 1.82) is 0 Å². The number of benzene rings is 3. The summed E-state index contributed by atoms with van der Waals surface area (Å²) in [4.78, 5) is 14.8. The molecule has 3 rings (SSSR count). The van der Waals surface area contributed by atoms with Gasteiger partial charge in [0, 0.05) is 5.56 Å². The van der Waals surface area contributed by atoms with Crippen LogP contribution in [0.25, 0.3) is 6.08 Å². The van der Waals surface area contributed by atoms with E-state index in [0.29, 0.717) is 22.6 Å². The molecule has 0 fully saturated rings. The van der Waals surface area contributed by atoms with E-state index in [9.17, 15) is 18.0 Å². The molecule has 0 saturated heterocycles. The van der Waals surface area contributed by atoms with Gasteiger partial charge < -0.3 is 14.6 Å². The summed E-state index contributed by atoms with van der Waals surface area (Å²) in [6.07, 6.45) is -1.40. The number of alkyl halides is 3. The van der Waals surface area contributed by atoms with Crippen LogP contribution < -0.4 is 9.47 Å². The minimum Gasteiger partial charge on any atom is -0.481 e. The topological polar surface area (TPSA) is 68.1 Å². The number of ether oxygens (including phenoxy) is 2. The van der Waals surface area contributed by atoms with Crippen LogP contribution in [0.1, 0.15) is 23.6 Å². The summed E-state index contributed by atoms with van der Waals surface area (Å²) in [5, 5.41) is 8.91. The predicted octanol–water partition coefficient (Wildman–Crippen LogP) is 7.28. The molecule has 0 unspecified atom stereocenters. The first-order valence-electron chi connectivity index (χ1n) is 9.80. The van der Waals surface area contributed by atoms with Crippen molar-refractivity contribution in [1.82, 2.24) is 0 Å². The van der Waals surface area contributed by atoms with Crippen molar-refractivity contribution in [3.63, 3.8) is 0 Å². The summed E-state index contributed by atoms with van der Waals surface area (Å²) >= 11 is 0. The predicted molar refractivity (Wildman–Crippen MR) is 120 cm³/mol. The molecule has 0 aliphatic rings. The van der Waals surface area contributed by atoms with E-state index in [0.717, 1.165) is 12.1 Å². The highest BCUT2D eigenvalue weighted by Gasteiger charge is 2.35. The molecule has 33 heavy (non-hydrogen) atoms. The standard InChI is InChI=1S/C25H20F3NO4/c1-3-5-17-14-19(8-10-22(17)29-2)32-20-9-11-23(21(15-20)25(26,27)28)33-18-7-4-6-16(12-18)13-24(30)31/h3-12,14-15H,2,13H2,1H3,(H,30,31)/b5-3-. The summed E-state index contributed by atoms with van der Waals surface area (Å²) in [6, 6.07) is 14.2. The molecule has 0 bridgehead atoms. The molecule has 0 radical (unpaired) electrons. The lowest BCUT2D eigenvalue weighted by molar-refractivity contribution is -0.138. The zero-order chi connectivity index (χ0) is 24.0. The van der Waals surface area contributed by atoms with Crippen LogP contribution in [0, 0.1) is 0 Å². The molecule has 0 amide bonds. The maximum Gasteiger partial charge on any atom is 0.420 e. The average Bonchev–Trinajstić information content (AvgIpc) is 2.74. The SMILES string of the molecule is C=Nc1ccc(Oc2ccc(Oc3cccc(CC(=O)O)c3)c(C(F)(F)F)c2)cc1/C=C\C. The van der Waals surface area contributed by atoms with E-state index in [-0.39, 0.29) is 17.9 Å². The fraction of sp³-hybridized carbons (Fsp3) is 0.120. The quantitative estimate of drug-likeness (QED) is 0.362. The number of allylic oxidation sites excluding steroid dienone is 1. The van der Waals surface area contributed by atoms with E-state index >= 15 is 0 Å². The van der Waals surface area contributed by atoms with Gasteiger partial charge in [-0.25, -0.2) is 0 Å². The Kier molecular flexibility index (Phi) is 7.17. The Balaban J connectivity index is 1.91. The summed E-state index contributed by atoms with van der Waals surface area (Å²) in [6.45, 7) is 5.32. The molecule has 0 saturated carbocycles. The van der Waals surface area contributed by atoms with Crippen molar-refractivity contribution in [2.45, 2.75) is 19.5 Å². The summed E-state index contributed by atoms with van der Waals surface area (Å²) in [7, 11) is 0. The summed E-state index contributed by atoms with van der Waals surface area (Å²) in [5.74, 6) is -1.09. The Bertz CT molecular complexity index is 1200. The molecule has 0 heterocycles. The number of hydrogen-bond donors (Lipinski definition) is 1. The van der Waals surface area contributed by atoms with Crippen LogP contribution in [0.3, 0.4) is 0 Å². The van der Waals surface area contributed by atoms with E-state index in [1.165, 1.54) is 24.3 Å². The third-order valence-electron chi connectivity index (χ3n) is 4.49. The first kappa shape index (κ1) is 23.6. The van der Waals surface area contributed by atoms with E-state index in [4.69, 9.17) is 14.6 Å². The van der Waals surface area contributed by atoms with Gasteiger partial charge in [0.15, 0.2) is 0 Å². The molecule has 3 aromatic carbocycles. The number of halogens is 3. The Morgan fingerprint density at radius 1 is 1.03 bits per heavy atom. The highest BCUT2D eigenvalue weighted by molar-refractivity contribution is 5.70. The van der Waals surface area contributed by atoms with Gasteiger partial charge in [-0.3, -0.25) is 9.79 Å². The normalized spacial score (nSPS) is 11.4.